The maximum atomic E-state index is 13.5. The summed E-state index contributed by atoms with van der Waals surface area (Å²) in [4.78, 5) is 30.0. The Balaban J connectivity index is 1.48. The second-order valence-corrected chi connectivity index (χ2v) is 11.0. The van der Waals surface area contributed by atoms with Gasteiger partial charge in [0, 0.05) is 36.0 Å². The van der Waals surface area contributed by atoms with Crippen molar-refractivity contribution in [3.63, 3.8) is 0 Å². The van der Waals surface area contributed by atoms with Gasteiger partial charge in [-0.15, -0.1) is 0 Å². The molecular weight excluding hydrogens is 521 g/mol. The third kappa shape index (κ3) is 5.04. The summed E-state index contributed by atoms with van der Waals surface area (Å²) >= 11 is 12.5. The van der Waals surface area contributed by atoms with Gasteiger partial charge in [0.2, 0.25) is 11.8 Å². The maximum absolute atomic E-state index is 13.5. The highest BCUT2D eigenvalue weighted by molar-refractivity contribution is 6.42. The minimum absolute atomic E-state index is 0.167. The monoisotopic (exact) mass is 547 g/mol. The molecule has 1 aliphatic carbocycles. The SMILES string of the molecule is CC1(C)[C@H](C(=O)N[C@@H](Cc2ccccc2)C(N)=O)[C@H]1c1cc(-c2cccnc2)nn1-c1ccc(Cl)c(Cl)c1. The predicted octanol–water partition coefficient (Wildman–Crippen LogP) is 5.19. The molecule has 1 fully saturated rings. The van der Waals surface area contributed by atoms with E-state index in [4.69, 9.17) is 34.0 Å². The van der Waals surface area contributed by atoms with Crippen LogP contribution in [0.1, 0.15) is 31.0 Å². The van der Waals surface area contributed by atoms with Crippen LogP contribution in [0.5, 0.6) is 0 Å². The number of halogens is 2. The minimum Gasteiger partial charge on any atom is -0.368 e. The van der Waals surface area contributed by atoms with Crippen molar-refractivity contribution in [1.82, 2.24) is 20.1 Å². The summed E-state index contributed by atoms with van der Waals surface area (Å²) in [6.07, 6.45) is 3.77. The molecule has 0 aliphatic heterocycles. The van der Waals surface area contributed by atoms with Crippen LogP contribution in [-0.2, 0) is 16.0 Å². The van der Waals surface area contributed by atoms with Crippen molar-refractivity contribution in [1.29, 1.82) is 0 Å². The lowest BCUT2D eigenvalue weighted by molar-refractivity contribution is -0.128. The number of primary amides is 1. The summed E-state index contributed by atoms with van der Waals surface area (Å²) in [6, 6.07) is 19.7. The van der Waals surface area contributed by atoms with E-state index in [2.05, 4.69) is 10.3 Å². The molecule has 0 spiro atoms. The first-order chi connectivity index (χ1) is 18.2. The number of nitrogens with one attached hydrogen (secondary N) is 1. The highest BCUT2D eigenvalue weighted by Crippen LogP contribution is 2.65. The Hall–Kier alpha value is -3.68. The van der Waals surface area contributed by atoms with Gasteiger partial charge >= 0.3 is 0 Å². The van der Waals surface area contributed by atoms with Gasteiger partial charge in [-0.1, -0.05) is 67.4 Å². The lowest BCUT2D eigenvalue weighted by Crippen LogP contribution is -2.46. The van der Waals surface area contributed by atoms with Gasteiger partial charge in [-0.05, 0) is 47.4 Å². The molecule has 7 nitrogen and oxygen atoms in total. The Morgan fingerprint density at radius 1 is 1.05 bits per heavy atom. The first-order valence-corrected chi connectivity index (χ1v) is 13.0. The third-order valence-electron chi connectivity index (χ3n) is 7.21. The highest BCUT2D eigenvalue weighted by atomic mass is 35.5. The summed E-state index contributed by atoms with van der Waals surface area (Å²) in [5.74, 6) is -1.35. The first kappa shape index (κ1) is 25.9. The number of nitrogens with zero attached hydrogens (tertiary/aromatic N) is 3. The second-order valence-electron chi connectivity index (χ2n) is 10.1. The van der Waals surface area contributed by atoms with Crippen LogP contribution in [0.15, 0.2) is 79.1 Å². The normalized spacial score (nSPS) is 18.5. The van der Waals surface area contributed by atoms with Crippen LogP contribution < -0.4 is 11.1 Å². The number of aromatic nitrogens is 3. The minimum atomic E-state index is -0.812. The van der Waals surface area contributed by atoms with Crippen LogP contribution in [0.2, 0.25) is 10.0 Å². The van der Waals surface area contributed by atoms with Gasteiger partial charge < -0.3 is 11.1 Å². The topological polar surface area (TPSA) is 103 Å². The highest BCUT2D eigenvalue weighted by Gasteiger charge is 2.63. The molecule has 1 saturated carbocycles. The largest absolute Gasteiger partial charge is 0.368 e. The summed E-state index contributed by atoms with van der Waals surface area (Å²) in [5.41, 5.74) is 9.35. The zero-order chi connectivity index (χ0) is 27.0. The van der Waals surface area contributed by atoms with E-state index in [0.29, 0.717) is 16.5 Å². The van der Waals surface area contributed by atoms with E-state index < -0.39 is 11.9 Å². The second kappa shape index (κ2) is 10.2. The first-order valence-electron chi connectivity index (χ1n) is 12.3. The Bertz CT molecular complexity index is 1490. The molecule has 0 bridgehead atoms. The Morgan fingerprint density at radius 2 is 1.82 bits per heavy atom. The number of pyridine rings is 1. The average Bonchev–Trinajstić information content (AvgIpc) is 3.24. The average molecular weight is 548 g/mol. The van der Waals surface area contributed by atoms with Gasteiger partial charge in [0.05, 0.1) is 27.3 Å². The van der Waals surface area contributed by atoms with Gasteiger partial charge in [0.15, 0.2) is 0 Å². The van der Waals surface area contributed by atoms with Crippen LogP contribution in [0.4, 0.5) is 0 Å². The predicted molar refractivity (Wildman–Crippen MR) is 148 cm³/mol. The van der Waals surface area contributed by atoms with E-state index in [-0.39, 0.29) is 23.2 Å². The van der Waals surface area contributed by atoms with E-state index in [1.165, 1.54) is 0 Å². The Morgan fingerprint density at radius 3 is 2.47 bits per heavy atom. The summed E-state index contributed by atoms with van der Waals surface area (Å²) < 4.78 is 1.81. The smallest absolute Gasteiger partial charge is 0.240 e. The van der Waals surface area contributed by atoms with Crippen molar-refractivity contribution < 1.29 is 9.59 Å². The molecule has 3 N–H and O–H groups in total. The van der Waals surface area contributed by atoms with E-state index in [1.54, 1.807) is 29.2 Å². The van der Waals surface area contributed by atoms with E-state index in [9.17, 15) is 9.59 Å². The Labute approximate surface area is 231 Å². The zero-order valence-corrected chi connectivity index (χ0v) is 22.4. The number of carbonyl (C=O) groups excluding carboxylic acids is 2. The number of hydrogen-bond acceptors (Lipinski definition) is 4. The molecule has 1 aliphatic rings. The van der Waals surface area contributed by atoms with Gasteiger partial charge in [-0.2, -0.15) is 5.10 Å². The fourth-order valence-corrected chi connectivity index (χ4v) is 5.40. The molecule has 0 radical (unpaired) electrons. The lowest BCUT2D eigenvalue weighted by atomic mass is 10.0. The van der Waals surface area contributed by atoms with Crippen molar-refractivity contribution in [2.45, 2.75) is 32.2 Å². The molecule has 2 heterocycles. The number of hydrogen-bond donors (Lipinski definition) is 2. The van der Waals surface area contributed by atoms with Gasteiger partial charge in [0.1, 0.15) is 6.04 Å². The Kier molecular flexibility index (Phi) is 6.99. The van der Waals surface area contributed by atoms with Gasteiger partial charge in [-0.25, -0.2) is 4.68 Å². The van der Waals surface area contributed by atoms with Gasteiger partial charge in [0.25, 0.3) is 0 Å². The van der Waals surface area contributed by atoms with Crippen molar-refractivity contribution in [3.05, 3.63) is 100 Å². The number of amides is 2. The summed E-state index contributed by atoms with van der Waals surface area (Å²) in [7, 11) is 0. The van der Waals surface area contributed by atoms with Crippen LogP contribution in [-0.4, -0.2) is 32.6 Å². The van der Waals surface area contributed by atoms with Crippen LogP contribution in [0.25, 0.3) is 16.9 Å². The van der Waals surface area contributed by atoms with E-state index in [1.807, 2.05) is 68.4 Å². The van der Waals surface area contributed by atoms with Crippen LogP contribution >= 0.6 is 23.2 Å². The standard InChI is InChI=1S/C29H27Cl2N5O2/c1-29(2)25(26(29)28(38)34-23(27(32)37)13-17-7-4-3-5-8-17)24-15-22(18-9-6-12-33-16-18)35-36(24)19-10-11-20(30)21(31)14-19/h3-12,14-16,23,25-26H,13H2,1-2H3,(H2,32,37)(H,34,38)/t23-,25+,26-/m0/s1. The maximum Gasteiger partial charge on any atom is 0.240 e. The number of rotatable bonds is 8. The molecule has 3 atom stereocenters. The van der Waals surface area contributed by atoms with Crippen molar-refractivity contribution >= 4 is 35.0 Å². The number of nitrogens with two attached hydrogens (primary N) is 1. The van der Waals surface area contributed by atoms with Crippen molar-refractivity contribution in [3.8, 4) is 16.9 Å². The molecule has 2 aromatic carbocycles. The molecular formula is C29H27Cl2N5O2. The molecule has 0 unspecified atom stereocenters. The number of benzene rings is 2. The van der Waals surface area contributed by atoms with Crippen molar-refractivity contribution in [2.75, 3.05) is 0 Å². The summed E-state index contributed by atoms with van der Waals surface area (Å²) in [6.45, 7) is 4.07. The number of carbonyl (C=O) groups is 2. The third-order valence-corrected chi connectivity index (χ3v) is 7.95. The molecule has 38 heavy (non-hydrogen) atoms. The molecule has 2 aromatic heterocycles. The molecule has 194 valence electrons. The molecule has 9 heteroatoms. The quantitative estimate of drug-likeness (QED) is 0.316. The molecule has 5 rings (SSSR count). The molecule has 0 saturated heterocycles. The molecule has 2 amide bonds. The van der Waals surface area contributed by atoms with Crippen LogP contribution in [0, 0.1) is 11.3 Å². The molecule has 4 aromatic rings. The zero-order valence-electron chi connectivity index (χ0n) is 20.9. The lowest BCUT2D eigenvalue weighted by Gasteiger charge is -2.16. The van der Waals surface area contributed by atoms with Crippen LogP contribution in [0.3, 0.4) is 0 Å². The summed E-state index contributed by atoms with van der Waals surface area (Å²) in [5, 5.41) is 8.61. The fraction of sp³-hybridized carbons (Fsp3) is 0.241. The van der Waals surface area contributed by atoms with Gasteiger partial charge in [-0.3, -0.25) is 14.6 Å². The van der Waals surface area contributed by atoms with Crippen molar-refractivity contribution in [2.24, 2.45) is 17.1 Å². The van der Waals surface area contributed by atoms with E-state index in [0.717, 1.165) is 28.2 Å². The van der Waals surface area contributed by atoms with E-state index >= 15 is 0 Å². The fourth-order valence-electron chi connectivity index (χ4n) is 5.11.